The number of carbonyl (C=O) groups is 1. The van der Waals surface area contributed by atoms with Crippen LogP contribution in [0.3, 0.4) is 0 Å². The molecule has 0 saturated carbocycles. The summed E-state index contributed by atoms with van der Waals surface area (Å²) in [4.78, 5) is 18.6. The van der Waals surface area contributed by atoms with Gasteiger partial charge >= 0.3 is 6.16 Å². The first-order valence-electron chi connectivity index (χ1n) is 11.8. The molecule has 0 fully saturated rings. The molecule has 0 amide bonds. The second kappa shape index (κ2) is 13.1. The maximum atomic E-state index is 14.1. The molecule has 1 heterocycles. The number of hydrogen-bond acceptors (Lipinski definition) is 13. The van der Waals surface area contributed by atoms with E-state index in [0.29, 0.717) is 16.6 Å². The molecule has 3 rings (SSSR count). The number of sulfonamides is 1. The molecule has 14 nitrogen and oxygen atoms in total. The Morgan fingerprint density at radius 1 is 1.03 bits per heavy atom. The Bertz CT molecular complexity index is 1380. The van der Waals surface area contributed by atoms with Gasteiger partial charge in [-0.2, -0.15) is 4.31 Å². The first kappa shape index (κ1) is 30.1. The number of anilines is 2. The van der Waals surface area contributed by atoms with Crippen LogP contribution in [0.5, 0.6) is 0 Å². The van der Waals surface area contributed by atoms with Crippen LogP contribution in [0.1, 0.15) is 18.2 Å². The van der Waals surface area contributed by atoms with Gasteiger partial charge in [-0.3, -0.25) is 10.4 Å². The zero-order valence-electron chi connectivity index (χ0n) is 22.2. The van der Waals surface area contributed by atoms with Gasteiger partial charge in [-0.05, 0) is 32.9 Å². The Morgan fingerprint density at radius 2 is 1.69 bits per heavy atom. The van der Waals surface area contributed by atoms with Crippen LogP contribution in [0, 0.1) is 13.8 Å². The topological polar surface area (TPSA) is 164 Å². The lowest BCUT2D eigenvalue weighted by Crippen LogP contribution is -2.42. The standard InChI is InChI=1S/C24H32N4O10S/c1-16-17(2)25-38-23(16)27(18(3)37-24(29)35-14-12-34-13-15-36-28(30)31)39(32,33)22-11-7-8-19-20(22)9-6-10-21(19)26(4)5/h6-11,18,30-31H,12-15H2,1-5H3. The maximum Gasteiger partial charge on any atom is 0.510 e. The predicted octanol–water partition coefficient (Wildman–Crippen LogP) is 3.23. The molecular weight excluding hydrogens is 536 g/mol. The molecule has 39 heavy (non-hydrogen) atoms. The largest absolute Gasteiger partial charge is 0.510 e. The number of carbonyl (C=O) groups excluding carboxylic acids is 1. The molecular formula is C24H32N4O10S. The number of fused-ring (bicyclic) bond motifs is 1. The Kier molecular flexibility index (Phi) is 10.1. The SMILES string of the molecule is Cc1noc(N(C(C)OC(=O)OCCOCCON(O)O)S(=O)(=O)c2cccc3c(N(C)C)cccc23)c1C. The van der Waals surface area contributed by atoms with E-state index >= 15 is 0 Å². The van der Waals surface area contributed by atoms with Crippen molar-refractivity contribution in [2.24, 2.45) is 0 Å². The van der Waals surface area contributed by atoms with E-state index in [1.807, 2.05) is 31.1 Å². The van der Waals surface area contributed by atoms with Gasteiger partial charge in [0, 0.05) is 36.1 Å². The first-order chi connectivity index (χ1) is 18.4. The van der Waals surface area contributed by atoms with Crippen molar-refractivity contribution < 1.29 is 47.2 Å². The number of ether oxygens (including phenoxy) is 3. The van der Waals surface area contributed by atoms with E-state index in [1.165, 1.54) is 13.0 Å². The molecule has 0 aliphatic heterocycles. The molecule has 0 aliphatic carbocycles. The fourth-order valence-electron chi connectivity index (χ4n) is 3.75. The van der Waals surface area contributed by atoms with Crippen LogP contribution >= 0.6 is 0 Å². The van der Waals surface area contributed by atoms with Gasteiger partial charge in [0.2, 0.25) is 5.88 Å². The van der Waals surface area contributed by atoms with E-state index < -0.39 is 27.8 Å². The molecule has 1 aromatic heterocycles. The van der Waals surface area contributed by atoms with E-state index in [1.54, 1.807) is 32.0 Å². The van der Waals surface area contributed by atoms with Crippen LogP contribution < -0.4 is 9.21 Å². The summed E-state index contributed by atoms with van der Waals surface area (Å²) in [5.41, 5.74) is 1.76. The zero-order chi connectivity index (χ0) is 28.7. The lowest BCUT2D eigenvalue weighted by molar-refractivity contribution is -0.493. The molecule has 0 radical (unpaired) electrons. The summed E-state index contributed by atoms with van der Waals surface area (Å²) in [5.74, 6) is -0.0984. The normalized spacial score (nSPS) is 12.5. The smallest absolute Gasteiger partial charge is 0.432 e. The summed E-state index contributed by atoms with van der Waals surface area (Å²) in [6.45, 7) is 4.27. The number of aryl methyl sites for hydroxylation is 1. The van der Waals surface area contributed by atoms with E-state index in [-0.39, 0.29) is 37.2 Å². The predicted molar refractivity (Wildman–Crippen MR) is 138 cm³/mol. The molecule has 0 aliphatic rings. The number of aromatic nitrogens is 1. The van der Waals surface area contributed by atoms with E-state index in [4.69, 9.17) is 29.1 Å². The Hall–Kier alpha value is -3.47. The third-order valence-electron chi connectivity index (χ3n) is 5.69. The van der Waals surface area contributed by atoms with Crippen molar-refractivity contribution in [1.29, 1.82) is 0 Å². The van der Waals surface area contributed by atoms with Crippen molar-refractivity contribution >= 4 is 38.5 Å². The summed E-state index contributed by atoms with van der Waals surface area (Å²) in [7, 11) is -0.631. The summed E-state index contributed by atoms with van der Waals surface area (Å²) in [6.07, 6.45) is -2.52. The van der Waals surface area contributed by atoms with Crippen molar-refractivity contribution in [2.75, 3.05) is 49.7 Å². The number of nitrogens with zero attached hydrogens (tertiary/aromatic N) is 4. The lowest BCUT2D eigenvalue weighted by Gasteiger charge is -2.28. The van der Waals surface area contributed by atoms with Gasteiger partial charge in [-0.1, -0.05) is 29.4 Å². The molecule has 2 N–H and O–H groups in total. The zero-order valence-corrected chi connectivity index (χ0v) is 23.0. The average molecular weight is 569 g/mol. The van der Waals surface area contributed by atoms with E-state index in [9.17, 15) is 13.2 Å². The molecule has 15 heteroatoms. The van der Waals surface area contributed by atoms with Gasteiger partial charge in [0.15, 0.2) is 6.23 Å². The highest BCUT2D eigenvalue weighted by molar-refractivity contribution is 7.93. The minimum Gasteiger partial charge on any atom is -0.432 e. The summed E-state index contributed by atoms with van der Waals surface area (Å²) in [6, 6.07) is 10.3. The fraction of sp³-hybridized carbons (Fsp3) is 0.417. The number of hydrogen-bond donors (Lipinski definition) is 2. The third-order valence-corrected chi connectivity index (χ3v) is 7.58. The fourth-order valence-corrected chi connectivity index (χ4v) is 5.49. The van der Waals surface area contributed by atoms with Crippen molar-refractivity contribution in [2.45, 2.75) is 31.9 Å². The average Bonchev–Trinajstić information content (AvgIpc) is 3.19. The van der Waals surface area contributed by atoms with Crippen molar-refractivity contribution in [3.05, 3.63) is 47.7 Å². The number of rotatable bonds is 13. The monoisotopic (exact) mass is 568 g/mol. The van der Waals surface area contributed by atoms with Crippen molar-refractivity contribution in [1.82, 2.24) is 10.5 Å². The van der Waals surface area contributed by atoms with E-state index in [2.05, 4.69) is 9.99 Å². The molecule has 214 valence electrons. The maximum absolute atomic E-state index is 14.1. The highest BCUT2D eigenvalue weighted by atomic mass is 32.2. The summed E-state index contributed by atoms with van der Waals surface area (Å²) < 4.78 is 49.9. The molecule has 0 saturated heterocycles. The third kappa shape index (κ3) is 7.14. The van der Waals surface area contributed by atoms with Gasteiger partial charge in [0.05, 0.1) is 35.8 Å². The van der Waals surface area contributed by atoms with Crippen LogP contribution in [0.4, 0.5) is 16.4 Å². The van der Waals surface area contributed by atoms with Crippen LogP contribution in [0.15, 0.2) is 45.8 Å². The number of benzene rings is 2. The van der Waals surface area contributed by atoms with Crippen LogP contribution in [0.25, 0.3) is 10.8 Å². The highest BCUT2D eigenvalue weighted by Crippen LogP contribution is 2.36. The van der Waals surface area contributed by atoms with Gasteiger partial charge in [0.1, 0.15) is 6.61 Å². The summed E-state index contributed by atoms with van der Waals surface area (Å²) in [5, 5.41) is 21.5. The van der Waals surface area contributed by atoms with Crippen molar-refractivity contribution in [3.63, 3.8) is 0 Å². The van der Waals surface area contributed by atoms with E-state index in [0.717, 1.165) is 15.4 Å². The van der Waals surface area contributed by atoms with Crippen LogP contribution in [-0.4, -0.2) is 82.3 Å². The molecule has 2 aromatic carbocycles. The minimum absolute atomic E-state index is 0.0108. The molecule has 0 bridgehead atoms. The van der Waals surface area contributed by atoms with Gasteiger partial charge < -0.3 is 23.6 Å². The molecule has 1 unspecified atom stereocenters. The van der Waals surface area contributed by atoms with Gasteiger partial charge in [-0.25, -0.2) is 18.0 Å². The van der Waals surface area contributed by atoms with Gasteiger partial charge in [0.25, 0.3) is 10.0 Å². The molecule has 0 spiro atoms. The quantitative estimate of drug-likeness (QED) is 0.134. The first-order valence-corrected chi connectivity index (χ1v) is 13.3. The van der Waals surface area contributed by atoms with Crippen LogP contribution in [0.2, 0.25) is 0 Å². The Morgan fingerprint density at radius 3 is 2.33 bits per heavy atom. The van der Waals surface area contributed by atoms with Gasteiger partial charge in [-0.15, -0.1) is 0 Å². The molecule has 1 atom stereocenters. The Labute approximate surface area is 225 Å². The molecule has 3 aromatic rings. The summed E-state index contributed by atoms with van der Waals surface area (Å²) >= 11 is 0. The highest BCUT2D eigenvalue weighted by Gasteiger charge is 2.37. The van der Waals surface area contributed by atoms with Crippen LogP contribution in [-0.2, 0) is 29.1 Å². The minimum atomic E-state index is -4.35. The van der Waals surface area contributed by atoms with Crippen molar-refractivity contribution in [3.8, 4) is 0 Å². The lowest BCUT2D eigenvalue weighted by atomic mass is 10.1. The second-order valence-electron chi connectivity index (χ2n) is 8.54. The second-order valence-corrected chi connectivity index (χ2v) is 10.3. The Balaban J connectivity index is 1.85.